The molecule has 0 aliphatic rings. The fourth-order valence-corrected chi connectivity index (χ4v) is 2.09. The Labute approximate surface area is 124 Å². The summed E-state index contributed by atoms with van der Waals surface area (Å²) in [5.74, 6) is 1.64. The lowest BCUT2D eigenvalue weighted by Gasteiger charge is -2.10. The van der Waals surface area contributed by atoms with Crippen molar-refractivity contribution in [2.45, 2.75) is 6.92 Å². The van der Waals surface area contributed by atoms with Crippen LogP contribution in [0, 0.1) is 6.92 Å². The van der Waals surface area contributed by atoms with Crippen LogP contribution in [0.3, 0.4) is 0 Å². The van der Waals surface area contributed by atoms with E-state index in [2.05, 4.69) is 0 Å². The second-order valence-corrected chi connectivity index (χ2v) is 4.87. The Morgan fingerprint density at radius 3 is 1.85 bits per heavy atom. The zero-order valence-electron chi connectivity index (χ0n) is 11.8. The molecule has 3 heteroatoms. The third-order valence-electron chi connectivity index (χ3n) is 3.11. The van der Waals surface area contributed by atoms with Crippen LogP contribution in [-0.2, 0) is 0 Å². The predicted molar refractivity (Wildman–Crippen MR) is 84.7 cm³/mol. The van der Waals surface area contributed by atoms with E-state index in [4.69, 9.17) is 21.1 Å². The first-order chi connectivity index (χ1) is 9.63. The Balaban J connectivity index is 2.31. The molecule has 0 saturated carbocycles. The third kappa shape index (κ3) is 3.34. The zero-order valence-corrected chi connectivity index (χ0v) is 12.6. The summed E-state index contributed by atoms with van der Waals surface area (Å²) in [5, 5.41) is 0.737. The smallest absolute Gasteiger partial charge is 0.126 e. The molecule has 0 aliphatic heterocycles. The molecule has 0 amide bonds. The van der Waals surface area contributed by atoms with Gasteiger partial charge in [-0.3, -0.25) is 0 Å². The lowest BCUT2D eigenvalue weighted by atomic mass is 10.1. The van der Waals surface area contributed by atoms with E-state index in [1.807, 2.05) is 55.5 Å². The number of halogens is 1. The summed E-state index contributed by atoms with van der Waals surface area (Å²) in [5.41, 5.74) is 3.12. The molecule has 2 nitrogen and oxygen atoms in total. The first kappa shape index (κ1) is 14.5. The van der Waals surface area contributed by atoms with Gasteiger partial charge in [0.25, 0.3) is 0 Å². The summed E-state index contributed by atoms with van der Waals surface area (Å²) >= 11 is 5.87. The SMILES string of the molecule is COc1cc(C=Cc2ccc(Cl)cc2)cc(OC)c1C. The maximum absolute atomic E-state index is 5.87. The summed E-state index contributed by atoms with van der Waals surface area (Å²) in [6, 6.07) is 11.7. The first-order valence-corrected chi connectivity index (χ1v) is 6.68. The highest BCUT2D eigenvalue weighted by Gasteiger charge is 2.06. The van der Waals surface area contributed by atoms with Crippen molar-refractivity contribution in [1.82, 2.24) is 0 Å². The average Bonchev–Trinajstić information content (AvgIpc) is 2.47. The molecule has 0 spiro atoms. The van der Waals surface area contributed by atoms with E-state index in [0.29, 0.717) is 0 Å². The molecule has 0 atom stereocenters. The number of benzene rings is 2. The number of rotatable bonds is 4. The Bertz CT molecular complexity index is 590. The van der Waals surface area contributed by atoms with Crippen LogP contribution in [0.1, 0.15) is 16.7 Å². The number of hydrogen-bond acceptors (Lipinski definition) is 2. The van der Waals surface area contributed by atoms with Crippen molar-refractivity contribution < 1.29 is 9.47 Å². The van der Waals surface area contributed by atoms with Crippen molar-refractivity contribution in [3.05, 3.63) is 58.1 Å². The van der Waals surface area contributed by atoms with Gasteiger partial charge in [-0.2, -0.15) is 0 Å². The van der Waals surface area contributed by atoms with E-state index in [9.17, 15) is 0 Å². The second kappa shape index (κ2) is 6.49. The fourth-order valence-electron chi connectivity index (χ4n) is 1.97. The maximum atomic E-state index is 5.87. The molecule has 0 aromatic heterocycles. The maximum Gasteiger partial charge on any atom is 0.126 e. The van der Waals surface area contributed by atoms with Crippen LogP contribution in [-0.4, -0.2) is 14.2 Å². The van der Waals surface area contributed by atoms with Gasteiger partial charge in [0.2, 0.25) is 0 Å². The summed E-state index contributed by atoms with van der Waals surface area (Å²) in [4.78, 5) is 0. The van der Waals surface area contributed by atoms with Crippen molar-refractivity contribution in [2.24, 2.45) is 0 Å². The van der Waals surface area contributed by atoms with Gasteiger partial charge in [-0.05, 0) is 42.3 Å². The highest BCUT2D eigenvalue weighted by molar-refractivity contribution is 6.30. The minimum absolute atomic E-state index is 0.737. The van der Waals surface area contributed by atoms with Crippen LogP contribution in [0.25, 0.3) is 12.2 Å². The van der Waals surface area contributed by atoms with Gasteiger partial charge < -0.3 is 9.47 Å². The van der Waals surface area contributed by atoms with Gasteiger partial charge in [-0.1, -0.05) is 35.9 Å². The van der Waals surface area contributed by atoms with Crippen molar-refractivity contribution in [1.29, 1.82) is 0 Å². The lowest BCUT2D eigenvalue weighted by molar-refractivity contribution is 0.388. The molecular weight excluding hydrogens is 272 g/mol. The van der Waals surface area contributed by atoms with Crippen molar-refractivity contribution >= 4 is 23.8 Å². The Morgan fingerprint density at radius 2 is 1.35 bits per heavy atom. The number of ether oxygens (including phenoxy) is 2. The van der Waals surface area contributed by atoms with Gasteiger partial charge in [0.15, 0.2) is 0 Å². The standard InChI is InChI=1S/C17H17ClO2/c1-12-16(19-2)10-14(11-17(12)20-3)5-4-13-6-8-15(18)9-7-13/h4-11H,1-3H3. The lowest BCUT2D eigenvalue weighted by Crippen LogP contribution is -1.93. The largest absolute Gasteiger partial charge is 0.496 e. The molecule has 2 aromatic rings. The van der Waals surface area contributed by atoms with Crippen molar-refractivity contribution in [3.63, 3.8) is 0 Å². The molecule has 2 aromatic carbocycles. The van der Waals surface area contributed by atoms with E-state index in [1.54, 1.807) is 14.2 Å². The van der Waals surface area contributed by atoms with Crippen LogP contribution in [0.5, 0.6) is 11.5 Å². The molecule has 0 N–H and O–H groups in total. The van der Waals surface area contributed by atoms with Crippen LogP contribution in [0.15, 0.2) is 36.4 Å². The number of hydrogen-bond donors (Lipinski definition) is 0. The molecule has 0 radical (unpaired) electrons. The minimum Gasteiger partial charge on any atom is -0.496 e. The monoisotopic (exact) mass is 288 g/mol. The highest BCUT2D eigenvalue weighted by atomic mass is 35.5. The Morgan fingerprint density at radius 1 is 0.850 bits per heavy atom. The van der Waals surface area contributed by atoms with E-state index < -0.39 is 0 Å². The van der Waals surface area contributed by atoms with Crippen LogP contribution < -0.4 is 9.47 Å². The molecule has 0 unspecified atom stereocenters. The predicted octanol–water partition coefficient (Wildman–Crippen LogP) is 4.84. The summed E-state index contributed by atoms with van der Waals surface area (Å²) in [7, 11) is 3.32. The van der Waals surface area contributed by atoms with E-state index in [-0.39, 0.29) is 0 Å². The fraction of sp³-hybridized carbons (Fsp3) is 0.176. The van der Waals surface area contributed by atoms with Crippen LogP contribution in [0.4, 0.5) is 0 Å². The first-order valence-electron chi connectivity index (χ1n) is 6.30. The van der Waals surface area contributed by atoms with Crippen molar-refractivity contribution in [2.75, 3.05) is 14.2 Å². The van der Waals surface area contributed by atoms with E-state index in [1.165, 1.54) is 0 Å². The third-order valence-corrected chi connectivity index (χ3v) is 3.36. The van der Waals surface area contributed by atoms with E-state index >= 15 is 0 Å². The second-order valence-electron chi connectivity index (χ2n) is 4.44. The molecule has 0 heterocycles. The van der Waals surface area contributed by atoms with Gasteiger partial charge in [-0.15, -0.1) is 0 Å². The van der Waals surface area contributed by atoms with Gasteiger partial charge in [0, 0.05) is 10.6 Å². The number of methoxy groups -OCH3 is 2. The molecule has 0 aliphatic carbocycles. The molecule has 104 valence electrons. The van der Waals surface area contributed by atoms with Gasteiger partial charge in [0.05, 0.1) is 14.2 Å². The van der Waals surface area contributed by atoms with Crippen molar-refractivity contribution in [3.8, 4) is 11.5 Å². The Hall–Kier alpha value is -1.93. The highest BCUT2D eigenvalue weighted by Crippen LogP contribution is 2.30. The normalized spacial score (nSPS) is 10.8. The molecular formula is C17H17ClO2. The molecule has 20 heavy (non-hydrogen) atoms. The molecule has 2 rings (SSSR count). The molecule has 0 fully saturated rings. The summed E-state index contributed by atoms with van der Waals surface area (Å²) < 4.78 is 10.7. The topological polar surface area (TPSA) is 18.5 Å². The molecule has 0 bridgehead atoms. The van der Waals surface area contributed by atoms with Gasteiger partial charge >= 0.3 is 0 Å². The van der Waals surface area contributed by atoms with Gasteiger partial charge in [0.1, 0.15) is 11.5 Å². The summed E-state index contributed by atoms with van der Waals surface area (Å²) in [6.45, 7) is 1.98. The van der Waals surface area contributed by atoms with E-state index in [0.717, 1.165) is 33.2 Å². The van der Waals surface area contributed by atoms with Crippen LogP contribution >= 0.6 is 11.6 Å². The zero-order chi connectivity index (χ0) is 14.5. The minimum atomic E-state index is 0.737. The quantitative estimate of drug-likeness (QED) is 0.750. The molecule has 0 saturated heterocycles. The average molecular weight is 289 g/mol. The van der Waals surface area contributed by atoms with Crippen LogP contribution in [0.2, 0.25) is 5.02 Å². The summed E-state index contributed by atoms with van der Waals surface area (Å²) in [6.07, 6.45) is 4.05. The van der Waals surface area contributed by atoms with Gasteiger partial charge in [-0.25, -0.2) is 0 Å². The Kier molecular flexibility index (Phi) is 4.70.